The monoisotopic (exact) mass is 418 g/mol. The van der Waals surface area contributed by atoms with Crippen molar-refractivity contribution in [2.45, 2.75) is 31.4 Å². The number of carbonyl (C=O) groups excluding carboxylic acids is 2. The van der Waals surface area contributed by atoms with Gasteiger partial charge in [0.25, 0.3) is 5.91 Å². The number of benzene rings is 1. The van der Waals surface area contributed by atoms with Crippen LogP contribution in [0.25, 0.3) is 0 Å². The molecule has 1 fully saturated rings. The van der Waals surface area contributed by atoms with Crippen molar-refractivity contribution >= 4 is 21.7 Å². The van der Waals surface area contributed by atoms with Gasteiger partial charge in [-0.05, 0) is 18.2 Å². The van der Waals surface area contributed by atoms with Crippen LogP contribution in [0.3, 0.4) is 0 Å². The summed E-state index contributed by atoms with van der Waals surface area (Å²) in [5.41, 5.74) is -0.126. The van der Waals surface area contributed by atoms with Gasteiger partial charge < -0.3 is 14.2 Å². The van der Waals surface area contributed by atoms with Crippen molar-refractivity contribution in [3.8, 4) is 0 Å². The molecular weight excluding hydrogens is 392 g/mol. The zero-order valence-corrected chi connectivity index (χ0v) is 17.7. The highest BCUT2D eigenvalue weighted by Crippen LogP contribution is 2.23. The smallest absolute Gasteiger partial charge is 0.289 e. The van der Waals surface area contributed by atoms with Crippen LogP contribution in [0.5, 0.6) is 0 Å². The van der Waals surface area contributed by atoms with Gasteiger partial charge in [0.15, 0.2) is 15.6 Å². The van der Waals surface area contributed by atoms with Gasteiger partial charge in [0, 0.05) is 37.2 Å². The molecular formula is C21H26N2O5S. The molecule has 29 heavy (non-hydrogen) atoms. The first-order chi connectivity index (χ1) is 13.6. The normalized spacial score (nSPS) is 15.4. The van der Waals surface area contributed by atoms with E-state index < -0.39 is 15.3 Å². The van der Waals surface area contributed by atoms with Crippen LogP contribution in [-0.4, -0.2) is 56.2 Å². The Kier molecular flexibility index (Phi) is 5.84. The number of sulfone groups is 1. The van der Waals surface area contributed by atoms with E-state index in [-0.39, 0.29) is 28.2 Å². The highest BCUT2D eigenvalue weighted by atomic mass is 32.2. The molecule has 0 atom stereocenters. The number of nitrogens with zero attached hydrogens (tertiary/aromatic N) is 2. The maximum atomic E-state index is 12.9. The summed E-state index contributed by atoms with van der Waals surface area (Å²) in [6, 6.07) is 9.65. The average molecular weight is 419 g/mol. The lowest BCUT2D eigenvalue weighted by Crippen LogP contribution is -2.53. The summed E-state index contributed by atoms with van der Waals surface area (Å²) in [4.78, 5) is 28.9. The first kappa shape index (κ1) is 21.1. The van der Waals surface area contributed by atoms with Gasteiger partial charge in [0.1, 0.15) is 0 Å². The minimum atomic E-state index is -3.59. The molecule has 1 aromatic carbocycles. The minimum Gasteiger partial charge on any atom is -0.459 e. The number of carbonyl (C=O) groups is 2. The highest BCUT2D eigenvalue weighted by molar-refractivity contribution is 7.90. The summed E-state index contributed by atoms with van der Waals surface area (Å²) >= 11 is 0. The number of hydrogen-bond donors (Lipinski definition) is 0. The molecule has 1 aromatic heterocycles. The van der Waals surface area contributed by atoms with E-state index in [1.807, 2.05) is 20.8 Å². The lowest BCUT2D eigenvalue weighted by Gasteiger charge is -2.37. The lowest BCUT2D eigenvalue weighted by molar-refractivity contribution is -0.140. The predicted molar refractivity (Wildman–Crippen MR) is 108 cm³/mol. The maximum Gasteiger partial charge on any atom is 0.289 e. The standard InChI is InChI=1S/C21H26N2O5S/c1-21(2,3)20(25)23-12-10-22(11-13-23)19(24)18-16(9-14-28-18)15-29(26,27)17-7-5-4-6-8-17/h4-9,14H,10-13,15H2,1-3H3. The molecule has 0 bridgehead atoms. The molecule has 0 N–H and O–H groups in total. The molecule has 2 aromatic rings. The van der Waals surface area contributed by atoms with E-state index in [1.165, 1.54) is 24.5 Å². The third-order valence-corrected chi connectivity index (χ3v) is 6.57. The summed E-state index contributed by atoms with van der Waals surface area (Å²) in [6.45, 7) is 7.26. The third kappa shape index (κ3) is 4.70. The van der Waals surface area contributed by atoms with Gasteiger partial charge in [0.05, 0.1) is 16.9 Å². The summed E-state index contributed by atoms with van der Waals surface area (Å²) < 4.78 is 30.7. The molecule has 0 saturated carbocycles. The molecule has 1 aliphatic rings. The van der Waals surface area contributed by atoms with Crippen molar-refractivity contribution < 1.29 is 22.4 Å². The van der Waals surface area contributed by atoms with Crippen molar-refractivity contribution in [1.82, 2.24) is 9.80 Å². The zero-order valence-electron chi connectivity index (χ0n) is 16.9. The molecule has 0 radical (unpaired) electrons. The summed E-state index contributed by atoms with van der Waals surface area (Å²) in [5, 5.41) is 0. The van der Waals surface area contributed by atoms with Gasteiger partial charge in [-0.25, -0.2) is 8.42 Å². The number of amides is 2. The second kappa shape index (κ2) is 8.02. The Morgan fingerprint density at radius 3 is 2.14 bits per heavy atom. The Hall–Kier alpha value is -2.61. The number of rotatable bonds is 4. The van der Waals surface area contributed by atoms with Crippen LogP contribution in [0.1, 0.15) is 36.9 Å². The number of piperazine rings is 1. The quantitative estimate of drug-likeness (QED) is 0.762. The van der Waals surface area contributed by atoms with Gasteiger partial charge in [-0.3, -0.25) is 9.59 Å². The average Bonchev–Trinajstić information content (AvgIpc) is 3.14. The first-order valence-corrected chi connectivity index (χ1v) is 11.2. The van der Waals surface area contributed by atoms with Crippen LogP contribution in [0.4, 0.5) is 0 Å². The van der Waals surface area contributed by atoms with Crippen molar-refractivity contribution in [2.24, 2.45) is 5.41 Å². The zero-order chi connectivity index (χ0) is 21.2. The molecule has 8 heteroatoms. The van der Waals surface area contributed by atoms with E-state index in [1.54, 1.807) is 28.0 Å². The van der Waals surface area contributed by atoms with Crippen molar-refractivity contribution in [3.63, 3.8) is 0 Å². The first-order valence-electron chi connectivity index (χ1n) is 9.52. The minimum absolute atomic E-state index is 0.0418. The second-order valence-corrected chi connectivity index (χ2v) is 10.2. The Bertz CT molecular complexity index is 982. The molecule has 0 unspecified atom stereocenters. The maximum absolute atomic E-state index is 12.9. The fourth-order valence-electron chi connectivity index (χ4n) is 3.28. The largest absolute Gasteiger partial charge is 0.459 e. The van der Waals surface area contributed by atoms with Gasteiger partial charge >= 0.3 is 0 Å². The fourth-order valence-corrected chi connectivity index (χ4v) is 4.66. The lowest BCUT2D eigenvalue weighted by atomic mass is 9.94. The fraction of sp³-hybridized carbons (Fsp3) is 0.429. The predicted octanol–water partition coefficient (Wildman–Crippen LogP) is 2.58. The topological polar surface area (TPSA) is 87.9 Å². The molecule has 0 aliphatic carbocycles. The van der Waals surface area contributed by atoms with Crippen LogP contribution in [0.15, 0.2) is 52.0 Å². The van der Waals surface area contributed by atoms with Crippen molar-refractivity contribution in [2.75, 3.05) is 26.2 Å². The summed E-state index contributed by atoms with van der Waals surface area (Å²) in [5.74, 6) is -0.565. The Morgan fingerprint density at radius 2 is 1.55 bits per heavy atom. The molecule has 156 valence electrons. The van der Waals surface area contributed by atoms with Crippen LogP contribution in [0, 0.1) is 5.41 Å². The van der Waals surface area contributed by atoms with Gasteiger partial charge in [-0.15, -0.1) is 0 Å². The summed E-state index contributed by atoms with van der Waals surface area (Å²) in [7, 11) is -3.59. The SMILES string of the molecule is CC(C)(C)C(=O)N1CCN(C(=O)c2occc2CS(=O)(=O)c2ccccc2)CC1. The molecule has 0 spiro atoms. The van der Waals surface area contributed by atoms with Crippen LogP contribution in [-0.2, 0) is 20.4 Å². The Morgan fingerprint density at radius 1 is 0.966 bits per heavy atom. The molecule has 2 heterocycles. The van der Waals surface area contributed by atoms with Crippen molar-refractivity contribution in [3.05, 3.63) is 54.0 Å². The summed E-state index contributed by atoms with van der Waals surface area (Å²) in [6.07, 6.45) is 1.34. The van der Waals surface area contributed by atoms with E-state index in [2.05, 4.69) is 0 Å². The van der Waals surface area contributed by atoms with E-state index in [0.29, 0.717) is 31.7 Å². The third-order valence-electron chi connectivity index (χ3n) is 4.88. The van der Waals surface area contributed by atoms with E-state index in [0.717, 1.165) is 0 Å². The molecule has 3 rings (SSSR count). The Labute approximate surface area is 171 Å². The van der Waals surface area contributed by atoms with Crippen molar-refractivity contribution in [1.29, 1.82) is 0 Å². The Balaban J connectivity index is 1.70. The van der Waals surface area contributed by atoms with E-state index in [4.69, 9.17) is 4.42 Å². The van der Waals surface area contributed by atoms with Crippen LogP contribution < -0.4 is 0 Å². The van der Waals surface area contributed by atoms with Gasteiger partial charge in [-0.1, -0.05) is 39.0 Å². The van der Waals surface area contributed by atoms with E-state index in [9.17, 15) is 18.0 Å². The van der Waals surface area contributed by atoms with Crippen LogP contribution in [0.2, 0.25) is 0 Å². The van der Waals surface area contributed by atoms with Gasteiger partial charge in [0.2, 0.25) is 5.91 Å². The molecule has 1 aliphatic heterocycles. The van der Waals surface area contributed by atoms with Crippen LogP contribution >= 0.6 is 0 Å². The number of furan rings is 1. The molecule has 2 amide bonds. The molecule has 7 nitrogen and oxygen atoms in total. The highest BCUT2D eigenvalue weighted by Gasteiger charge is 2.32. The number of hydrogen-bond acceptors (Lipinski definition) is 5. The molecule has 1 saturated heterocycles. The van der Waals surface area contributed by atoms with Gasteiger partial charge in [-0.2, -0.15) is 0 Å². The second-order valence-electron chi connectivity index (χ2n) is 8.18. The van der Waals surface area contributed by atoms with E-state index >= 15 is 0 Å².